The summed E-state index contributed by atoms with van der Waals surface area (Å²) in [7, 11) is 0. The summed E-state index contributed by atoms with van der Waals surface area (Å²) in [6.45, 7) is 6.44. The second kappa shape index (κ2) is 4.61. The number of aliphatic imine (C=N–C) groups is 1. The molecule has 1 saturated carbocycles. The third kappa shape index (κ3) is 2.69. The molecular weight excluding hydrogens is 162 g/mol. The third-order valence-corrected chi connectivity index (χ3v) is 2.76. The van der Waals surface area contributed by atoms with E-state index in [0.29, 0.717) is 12.0 Å². The number of hydrogen-bond donors (Lipinski definition) is 2. The van der Waals surface area contributed by atoms with Crippen LogP contribution in [-0.4, -0.2) is 11.9 Å². The highest BCUT2D eigenvalue weighted by Gasteiger charge is 2.27. The van der Waals surface area contributed by atoms with Gasteiger partial charge in [-0.1, -0.05) is 13.3 Å². The van der Waals surface area contributed by atoms with Crippen LogP contribution < -0.4 is 11.3 Å². The van der Waals surface area contributed by atoms with Gasteiger partial charge < -0.3 is 5.43 Å². The summed E-state index contributed by atoms with van der Waals surface area (Å²) in [5.74, 6) is 7.77. The van der Waals surface area contributed by atoms with Gasteiger partial charge in [-0.15, -0.1) is 0 Å². The molecule has 3 heteroatoms. The van der Waals surface area contributed by atoms with Gasteiger partial charge in [-0.05, 0) is 32.6 Å². The Kier molecular flexibility index (Phi) is 3.72. The van der Waals surface area contributed by atoms with Crippen LogP contribution in [0.5, 0.6) is 0 Å². The highest BCUT2D eigenvalue weighted by molar-refractivity contribution is 5.84. The lowest BCUT2D eigenvalue weighted by Gasteiger charge is -2.18. The minimum Gasteiger partial charge on any atom is -0.312 e. The fraction of sp³-hybridized carbons (Fsp3) is 0.900. The summed E-state index contributed by atoms with van der Waals surface area (Å²) in [5.41, 5.74) is 2.76. The van der Waals surface area contributed by atoms with Gasteiger partial charge in [-0.3, -0.25) is 4.99 Å². The van der Waals surface area contributed by atoms with Gasteiger partial charge in [0.25, 0.3) is 0 Å². The van der Waals surface area contributed by atoms with E-state index in [1.165, 1.54) is 19.3 Å². The molecule has 2 atom stereocenters. The van der Waals surface area contributed by atoms with E-state index < -0.39 is 0 Å². The van der Waals surface area contributed by atoms with Crippen molar-refractivity contribution in [2.75, 3.05) is 0 Å². The SMILES string of the molecule is CC(C)N=C(NN)C1CCCC1C. The number of rotatable bonds is 2. The van der Waals surface area contributed by atoms with Gasteiger partial charge in [0.05, 0.1) is 0 Å². The molecule has 0 amide bonds. The molecule has 0 spiro atoms. The maximum atomic E-state index is 5.48. The molecule has 3 nitrogen and oxygen atoms in total. The zero-order chi connectivity index (χ0) is 9.84. The first kappa shape index (κ1) is 10.5. The first-order chi connectivity index (χ1) is 6.15. The van der Waals surface area contributed by atoms with Gasteiger partial charge in [0.15, 0.2) is 0 Å². The van der Waals surface area contributed by atoms with Crippen molar-refractivity contribution in [1.29, 1.82) is 0 Å². The van der Waals surface area contributed by atoms with Crippen molar-refractivity contribution in [1.82, 2.24) is 5.43 Å². The molecule has 2 unspecified atom stereocenters. The van der Waals surface area contributed by atoms with Gasteiger partial charge in [-0.2, -0.15) is 0 Å². The van der Waals surface area contributed by atoms with Crippen LogP contribution >= 0.6 is 0 Å². The molecule has 3 N–H and O–H groups in total. The van der Waals surface area contributed by atoms with E-state index in [-0.39, 0.29) is 0 Å². The molecule has 0 saturated heterocycles. The second-order valence-electron chi connectivity index (χ2n) is 4.27. The average Bonchev–Trinajstić information content (AvgIpc) is 2.47. The van der Waals surface area contributed by atoms with Gasteiger partial charge in [0, 0.05) is 12.0 Å². The summed E-state index contributed by atoms with van der Waals surface area (Å²) in [4.78, 5) is 4.51. The Hall–Kier alpha value is -0.570. The van der Waals surface area contributed by atoms with Crippen LogP contribution in [0.25, 0.3) is 0 Å². The average molecular weight is 183 g/mol. The normalized spacial score (nSPS) is 29.8. The maximum Gasteiger partial charge on any atom is 0.114 e. The molecule has 0 aromatic carbocycles. The van der Waals surface area contributed by atoms with Crippen molar-refractivity contribution >= 4 is 5.84 Å². The molecule has 0 heterocycles. The minimum absolute atomic E-state index is 0.332. The fourth-order valence-corrected chi connectivity index (χ4v) is 2.07. The van der Waals surface area contributed by atoms with Crippen molar-refractivity contribution in [3.05, 3.63) is 0 Å². The number of nitrogens with one attached hydrogen (secondary N) is 1. The largest absolute Gasteiger partial charge is 0.312 e. The minimum atomic E-state index is 0.332. The first-order valence-corrected chi connectivity index (χ1v) is 5.19. The monoisotopic (exact) mass is 183 g/mol. The van der Waals surface area contributed by atoms with Crippen LogP contribution in [0.4, 0.5) is 0 Å². The van der Waals surface area contributed by atoms with Crippen LogP contribution in [0.3, 0.4) is 0 Å². The van der Waals surface area contributed by atoms with E-state index in [9.17, 15) is 0 Å². The van der Waals surface area contributed by atoms with Crippen molar-refractivity contribution in [3.63, 3.8) is 0 Å². The van der Waals surface area contributed by atoms with Crippen LogP contribution in [0.15, 0.2) is 4.99 Å². The van der Waals surface area contributed by atoms with Gasteiger partial charge >= 0.3 is 0 Å². The number of nitrogens with two attached hydrogens (primary N) is 1. The smallest absolute Gasteiger partial charge is 0.114 e. The molecule has 1 aliphatic carbocycles. The maximum absolute atomic E-state index is 5.48. The van der Waals surface area contributed by atoms with Crippen LogP contribution in [0.2, 0.25) is 0 Å². The second-order valence-corrected chi connectivity index (χ2v) is 4.27. The first-order valence-electron chi connectivity index (χ1n) is 5.19. The standard InChI is InChI=1S/C10H21N3/c1-7(2)12-10(13-11)9-6-4-5-8(9)3/h7-9H,4-6,11H2,1-3H3,(H,12,13). The zero-order valence-corrected chi connectivity index (χ0v) is 8.88. The zero-order valence-electron chi connectivity index (χ0n) is 8.88. The van der Waals surface area contributed by atoms with Gasteiger partial charge in [0.1, 0.15) is 5.84 Å². The summed E-state index contributed by atoms with van der Waals surface area (Å²) in [5, 5.41) is 0. The Balaban J connectivity index is 2.65. The summed E-state index contributed by atoms with van der Waals surface area (Å²) < 4.78 is 0. The fourth-order valence-electron chi connectivity index (χ4n) is 2.07. The molecule has 1 aliphatic rings. The summed E-state index contributed by atoms with van der Waals surface area (Å²) in [6.07, 6.45) is 3.85. The molecule has 1 rings (SSSR count). The molecule has 13 heavy (non-hydrogen) atoms. The van der Waals surface area contributed by atoms with Crippen molar-refractivity contribution in [2.24, 2.45) is 22.7 Å². The number of hydrazine groups is 1. The lowest BCUT2D eigenvalue weighted by atomic mass is 9.97. The highest BCUT2D eigenvalue weighted by atomic mass is 15.3. The highest BCUT2D eigenvalue weighted by Crippen LogP contribution is 2.31. The van der Waals surface area contributed by atoms with Gasteiger partial charge in [-0.25, -0.2) is 5.84 Å². The number of hydrogen-bond acceptors (Lipinski definition) is 2. The van der Waals surface area contributed by atoms with Crippen LogP contribution in [0.1, 0.15) is 40.0 Å². The Labute approximate surface area is 80.8 Å². The molecule has 0 radical (unpaired) electrons. The summed E-state index contributed by atoms with van der Waals surface area (Å²) >= 11 is 0. The Morgan fingerprint density at radius 3 is 2.54 bits per heavy atom. The van der Waals surface area contributed by atoms with Crippen LogP contribution in [0, 0.1) is 11.8 Å². The van der Waals surface area contributed by atoms with E-state index in [4.69, 9.17) is 5.84 Å². The molecule has 0 aromatic heterocycles. The Bertz CT molecular complexity index is 187. The Morgan fingerprint density at radius 2 is 2.15 bits per heavy atom. The molecule has 0 aromatic rings. The quantitative estimate of drug-likeness (QED) is 0.296. The van der Waals surface area contributed by atoms with Gasteiger partial charge in [0.2, 0.25) is 0 Å². The molecule has 0 aliphatic heterocycles. The van der Waals surface area contributed by atoms with E-state index in [1.807, 2.05) is 0 Å². The lowest BCUT2D eigenvalue weighted by molar-refractivity contribution is 0.514. The van der Waals surface area contributed by atoms with Crippen molar-refractivity contribution in [2.45, 2.75) is 46.1 Å². The van der Waals surface area contributed by atoms with Crippen molar-refractivity contribution in [3.8, 4) is 0 Å². The van der Waals surface area contributed by atoms with E-state index in [0.717, 1.165) is 11.8 Å². The molecule has 76 valence electrons. The van der Waals surface area contributed by atoms with E-state index >= 15 is 0 Å². The predicted molar refractivity (Wildman–Crippen MR) is 56.4 cm³/mol. The molecular formula is C10H21N3. The van der Waals surface area contributed by atoms with E-state index in [2.05, 4.69) is 31.2 Å². The Morgan fingerprint density at radius 1 is 1.46 bits per heavy atom. The molecule has 1 fully saturated rings. The number of nitrogens with zero attached hydrogens (tertiary/aromatic N) is 1. The van der Waals surface area contributed by atoms with Crippen LogP contribution in [-0.2, 0) is 0 Å². The number of amidine groups is 1. The predicted octanol–water partition coefficient (Wildman–Crippen LogP) is 1.69. The molecule has 0 bridgehead atoms. The van der Waals surface area contributed by atoms with Crippen molar-refractivity contribution < 1.29 is 0 Å². The topological polar surface area (TPSA) is 50.4 Å². The van der Waals surface area contributed by atoms with E-state index in [1.54, 1.807) is 0 Å². The third-order valence-electron chi connectivity index (χ3n) is 2.76. The summed E-state index contributed by atoms with van der Waals surface area (Å²) in [6, 6.07) is 0.332. The lowest BCUT2D eigenvalue weighted by Crippen LogP contribution is -2.38.